The number of benzene rings is 2. The van der Waals surface area contributed by atoms with Crippen molar-refractivity contribution in [2.45, 2.75) is 19.8 Å². The van der Waals surface area contributed by atoms with Gasteiger partial charge in [0.1, 0.15) is 11.6 Å². The molecular weight excluding hydrogens is 344 g/mol. The molecule has 1 fully saturated rings. The summed E-state index contributed by atoms with van der Waals surface area (Å²) >= 11 is 5.21. The summed E-state index contributed by atoms with van der Waals surface area (Å²) in [7, 11) is 0. The van der Waals surface area contributed by atoms with E-state index in [1.807, 2.05) is 0 Å². The summed E-state index contributed by atoms with van der Waals surface area (Å²) in [5.74, 6) is -0.878. The summed E-state index contributed by atoms with van der Waals surface area (Å²) in [4.78, 5) is 13.3. The number of rotatable bonds is 3. The van der Waals surface area contributed by atoms with Crippen molar-refractivity contribution in [1.82, 2.24) is 0 Å². The van der Waals surface area contributed by atoms with Gasteiger partial charge in [0.25, 0.3) is 0 Å². The summed E-state index contributed by atoms with van der Waals surface area (Å²) in [6.07, 6.45) is 1.14. The Kier molecular flexibility index (Phi) is 4.94. The molecule has 0 bridgehead atoms. The molecule has 1 saturated heterocycles. The van der Waals surface area contributed by atoms with E-state index in [9.17, 15) is 13.6 Å². The van der Waals surface area contributed by atoms with Crippen molar-refractivity contribution in [1.29, 1.82) is 0 Å². The number of carbonyl (C=O) groups excluding carboxylic acids is 1. The van der Waals surface area contributed by atoms with Crippen LogP contribution in [0.4, 0.5) is 25.8 Å². The van der Waals surface area contributed by atoms with Gasteiger partial charge >= 0.3 is 0 Å². The van der Waals surface area contributed by atoms with E-state index in [2.05, 4.69) is 10.6 Å². The Morgan fingerprint density at radius 3 is 2.40 bits per heavy atom. The SMILES string of the molecule is Cc1ccc(NC(=S)Nc2ccc(F)c(N3CCCC3=O)c2)cc1F. The summed E-state index contributed by atoms with van der Waals surface area (Å²) in [6.45, 7) is 2.18. The predicted molar refractivity (Wildman–Crippen MR) is 99.0 cm³/mol. The zero-order valence-corrected chi connectivity index (χ0v) is 14.4. The van der Waals surface area contributed by atoms with E-state index in [0.717, 1.165) is 6.42 Å². The normalized spacial score (nSPS) is 13.9. The lowest BCUT2D eigenvalue weighted by molar-refractivity contribution is -0.117. The monoisotopic (exact) mass is 361 g/mol. The average Bonchev–Trinajstić information content (AvgIpc) is 2.99. The highest BCUT2D eigenvalue weighted by atomic mass is 32.1. The van der Waals surface area contributed by atoms with Crippen molar-refractivity contribution in [3.63, 3.8) is 0 Å². The molecule has 0 saturated carbocycles. The van der Waals surface area contributed by atoms with Gasteiger partial charge in [-0.15, -0.1) is 0 Å². The van der Waals surface area contributed by atoms with Crippen LogP contribution in [0.2, 0.25) is 0 Å². The molecule has 0 aliphatic carbocycles. The number of aryl methyl sites for hydroxylation is 1. The third kappa shape index (κ3) is 3.93. The quantitative estimate of drug-likeness (QED) is 0.804. The van der Waals surface area contributed by atoms with E-state index in [1.54, 1.807) is 25.1 Å². The van der Waals surface area contributed by atoms with E-state index in [-0.39, 0.29) is 22.5 Å². The van der Waals surface area contributed by atoms with Crippen molar-refractivity contribution < 1.29 is 13.6 Å². The Morgan fingerprint density at radius 1 is 1.08 bits per heavy atom. The molecule has 0 atom stereocenters. The van der Waals surface area contributed by atoms with Crippen molar-refractivity contribution >= 4 is 40.3 Å². The summed E-state index contributed by atoms with van der Waals surface area (Å²) < 4.78 is 27.6. The Morgan fingerprint density at radius 2 is 1.76 bits per heavy atom. The molecule has 1 heterocycles. The van der Waals surface area contributed by atoms with E-state index >= 15 is 0 Å². The minimum absolute atomic E-state index is 0.0908. The van der Waals surface area contributed by atoms with Crippen LogP contribution in [0.1, 0.15) is 18.4 Å². The molecule has 130 valence electrons. The molecule has 2 aromatic rings. The second kappa shape index (κ2) is 7.14. The number of anilines is 3. The summed E-state index contributed by atoms with van der Waals surface area (Å²) in [5, 5.41) is 6.04. The maximum absolute atomic E-state index is 14.0. The number of thiocarbonyl (C=S) groups is 1. The van der Waals surface area contributed by atoms with E-state index < -0.39 is 5.82 Å². The molecule has 3 rings (SSSR count). The lowest BCUT2D eigenvalue weighted by atomic mass is 10.2. The molecule has 1 aliphatic heterocycles. The molecule has 0 unspecified atom stereocenters. The van der Waals surface area contributed by atoms with Crippen LogP contribution in [0.5, 0.6) is 0 Å². The van der Waals surface area contributed by atoms with Crippen LogP contribution < -0.4 is 15.5 Å². The van der Waals surface area contributed by atoms with Gasteiger partial charge in [-0.2, -0.15) is 0 Å². The number of hydrogen-bond donors (Lipinski definition) is 2. The molecule has 7 heteroatoms. The molecule has 0 spiro atoms. The van der Waals surface area contributed by atoms with Crippen molar-refractivity contribution in [2.75, 3.05) is 22.1 Å². The second-order valence-corrected chi connectivity index (χ2v) is 6.27. The lowest BCUT2D eigenvalue weighted by Gasteiger charge is -2.18. The topological polar surface area (TPSA) is 44.4 Å². The van der Waals surface area contributed by atoms with Crippen LogP contribution in [-0.2, 0) is 4.79 Å². The van der Waals surface area contributed by atoms with Gasteiger partial charge in [-0.3, -0.25) is 4.79 Å². The maximum atomic E-state index is 14.0. The molecule has 25 heavy (non-hydrogen) atoms. The minimum Gasteiger partial charge on any atom is -0.332 e. The van der Waals surface area contributed by atoms with Crippen LogP contribution in [0.15, 0.2) is 36.4 Å². The van der Waals surface area contributed by atoms with Gasteiger partial charge in [0, 0.05) is 24.3 Å². The summed E-state index contributed by atoms with van der Waals surface area (Å²) in [6, 6.07) is 9.08. The van der Waals surface area contributed by atoms with Crippen LogP contribution in [0, 0.1) is 18.6 Å². The average molecular weight is 361 g/mol. The molecule has 2 N–H and O–H groups in total. The molecular formula is C18H17F2N3OS. The largest absolute Gasteiger partial charge is 0.332 e. The van der Waals surface area contributed by atoms with E-state index in [1.165, 1.54) is 23.1 Å². The zero-order chi connectivity index (χ0) is 18.0. The number of nitrogens with zero attached hydrogens (tertiary/aromatic N) is 1. The molecule has 4 nitrogen and oxygen atoms in total. The number of nitrogens with one attached hydrogen (secondary N) is 2. The lowest BCUT2D eigenvalue weighted by Crippen LogP contribution is -2.25. The van der Waals surface area contributed by atoms with Gasteiger partial charge in [0.2, 0.25) is 5.91 Å². The first-order valence-electron chi connectivity index (χ1n) is 7.88. The third-order valence-electron chi connectivity index (χ3n) is 4.00. The highest BCUT2D eigenvalue weighted by Gasteiger charge is 2.24. The Hall–Kier alpha value is -2.54. The Labute approximate surface area is 149 Å². The fraction of sp³-hybridized carbons (Fsp3) is 0.222. The smallest absolute Gasteiger partial charge is 0.227 e. The highest BCUT2D eigenvalue weighted by Crippen LogP contribution is 2.27. The first-order valence-corrected chi connectivity index (χ1v) is 8.29. The van der Waals surface area contributed by atoms with E-state index in [4.69, 9.17) is 12.2 Å². The predicted octanol–water partition coefficient (Wildman–Crippen LogP) is 4.21. The molecule has 0 aromatic heterocycles. The molecule has 0 radical (unpaired) electrons. The maximum Gasteiger partial charge on any atom is 0.227 e. The van der Waals surface area contributed by atoms with Crippen molar-refractivity contribution in [2.24, 2.45) is 0 Å². The molecule has 2 aromatic carbocycles. The van der Waals surface area contributed by atoms with E-state index in [0.29, 0.717) is 29.9 Å². The fourth-order valence-corrected chi connectivity index (χ4v) is 2.90. The summed E-state index contributed by atoms with van der Waals surface area (Å²) in [5.41, 5.74) is 1.83. The molecule has 1 amide bonds. The van der Waals surface area contributed by atoms with Crippen LogP contribution in [-0.4, -0.2) is 17.6 Å². The van der Waals surface area contributed by atoms with Crippen LogP contribution in [0.3, 0.4) is 0 Å². The first-order chi connectivity index (χ1) is 11.9. The van der Waals surface area contributed by atoms with Crippen molar-refractivity contribution in [3.8, 4) is 0 Å². The highest BCUT2D eigenvalue weighted by molar-refractivity contribution is 7.80. The first kappa shape index (κ1) is 17.3. The van der Waals surface area contributed by atoms with Crippen molar-refractivity contribution in [3.05, 3.63) is 53.6 Å². The second-order valence-electron chi connectivity index (χ2n) is 5.86. The zero-order valence-electron chi connectivity index (χ0n) is 13.6. The molecule has 1 aliphatic rings. The third-order valence-corrected chi connectivity index (χ3v) is 4.20. The number of carbonyl (C=O) groups is 1. The fourth-order valence-electron chi connectivity index (χ4n) is 2.66. The minimum atomic E-state index is -0.458. The Bertz CT molecular complexity index is 841. The Balaban J connectivity index is 1.72. The van der Waals surface area contributed by atoms with Gasteiger partial charge in [-0.25, -0.2) is 8.78 Å². The van der Waals surface area contributed by atoms with Gasteiger partial charge < -0.3 is 15.5 Å². The van der Waals surface area contributed by atoms with Gasteiger partial charge in [0.15, 0.2) is 5.11 Å². The van der Waals surface area contributed by atoms with Gasteiger partial charge in [0.05, 0.1) is 5.69 Å². The number of halogens is 2. The number of hydrogen-bond acceptors (Lipinski definition) is 2. The van der Waals surface area contributed by atoms with Crippen LogP contribution >= 0.6 is 12.2 Å². The standard InChI is InChI=1S/C18H17F2N3OS/c1-11-4-5-12(9-15(11)20)21-18(25)22-13-6-7-14(19)16(10-13)23-8-2-3-17(23)24/h4-7,9-10H,2-3,8H2,1H3,(H2,21,22,25). The van der Waals surface area contributed by atoms with Gasteiger partial charge in [-0.1, -0.05) is 6.07 Å². The van der Waals surface area contributed by atoms with Gasteiger partial charge in [-0.05, 0) is 61.5 Å². The van der Waals surface area contributed by atoms with Crippen LogP contribution in [0.25, 0.3) is 0 Å². The number of amides is 1.